The number of likely N-dealkylation sites (N-methyl/N-ethyl adjacent to an activating group) is 1. The molecular formula is C34H67NO16. The topological polar surface area (TPSA) is 178 Å². The van der Waals surface area contributed by atoms with Gasteiger partial charge in [-0.1, -0.05) is 0 Å². The molecule has 0 spiro atoms. The van der Waals surface area contributed by atoms with Gasteiger partial charge in [0.2, 0.25) is 0 Å². The molecule has 304 valence electrons. The lowest BCUT2D eigenvalue weighted by atomic mass is 10.2. The highest BCUT2D eigenvalue weighted by atomic mass is 16.6. The Morgan fingerprint density at radius 3 is 0.863 bits per heavy atom. The zero-order valence-corrected chi connectivity index (χ0v) is 31.2. The van der Waals surface area contributed by atoms with Crippen LogP contribution >= 0.6 is 0 Å². The number of esters is 1. The Morgan fingerprint density at radius 2 is 0.608 bits per heavy atom. The second-order valence-corrected chi connectivity index (χ2v) is 11.0. The van der Waals surface area contributed by atoms with Crippen molar-refractivity contribution in [2.75, 3.05) is 186 Å². The molecule has 0 radical (unpaired) electrons. The first-order valence-electron chi connectivity index (χ1n) is 18.0. The van der Waals surface area contributed by atoms with Crippen LogP contribution in [0.2, 0.25) is 0 Å². The van der Waals surface area contributed by atoms with E-state index in [9.17, 15) is 9.59 Å². The van der Waals surface area contributed by atoms with Crippen LogP contribution in [0.1, 0.15) is 25.7 Å². The van der Waals surface area contributed by atoms with E-state index < -0.39 is 5.97 Å². The standard InChI is InChI=1S/C34H67NO16/c1-35(2)7-8-39-9-10-40-11-12-41-13-14-42-15-16-43-17-18-44-19-20-45-21-22-46-23-24-47-25-26-48-27-28-49-29-30-50-31-32-51-34(38)6-4-3-5-33(36)37/h3-32H2,1-2H3,(H,36,37). The van der Waals surface area contributed by atoms with Crippen LogP contribution in [0.25, 0.3) is 0 Å². The molecule has 0 unspecified atom stereocenters. The van der Waals surface area contributed by atoms with Gasteiger partial charge >= 0.3 is 11.9 Å². The van der Waals surface area contributed by atoms with Crippen molar-refractivity contribution in [1.29, 1.82) is 0 Å². The molecule has 17 heteroatoms. The van der Waals surface area contributed by atoms with E-state index in [4.69, 9.17) is 66.7 Å². The Balaban J connectivity index is 3.10. The number of carboxylic acids is 1. The van der Waals surface area contributed by atoms with E-state index in [2.05, 4.69) is 4.90 Å². The number of rotatable bonds is 44. The van der Waals surface area contributed by atoms with Gasteiger partial charge in [-0.15, -0.1) is 0 Å². The van der Waals surface area contributed by atoms with Crippen molar-refractivity contribution in [3.05, 3.63) is 0 Å². The first-order chi connectivity index (χ1) is 25.0. The van der Waals surface area contributed by atoms with E-state index in [0.29, 0.717) is 165 Å². The Hall–Kier alpha value is -1.58. The van der Waals surface area contributed by atoms with Crippen LogP contribution in [-0.2, 0) is 71.2 Å². The average Bonchev–Trinajstić information content (AvgIpc) is 3.11. The fraction of sp³-hybridized carbons (Fsp3) is 0.941. The molecule has 0 aromatic heterocycles. The number of carbonyl (C=O) groups excluding carboxylic acids is 1. The average molecular weight is 746 g/mol. The van der Waals surface area contributed by atoms with Gasteiger partial charge in [0, 0.05) is 19.4 Å². The highest BCUT2D eigenvalue weighted by Gasteiger charge is 2.04. The molecule has 0 rings (SSSR count). The first kappa shape index (κ1) is 49.4. The van der Waals surface area contributed by atoms with Gasteiger partial charge in [-0.3, -0.25) is 9.59 Å². The minimum absolute atomic E-state index is 0.0591. The Bertz CT molecular complexity index is 722. The summed E-state index contributed by atoms with van der Waals surface area (Å²) in [5.41, 5.74) is 0. The molecule has 51 heavy (non-hydrogen) atoms. The van der Waals surface area contributed by atoms with E-state index in [1.165, 1.54) is 0 Å². The third-order valence-corrected chi connectivity index (χ3v) is 6.29. The highest BCUT2D eigenvalue weighted by Crippen LogP contribution is 2.01. The van der Waals surface area contributed by atoms with Crippen molar-refractivity contribution < 1.29 is 76.3 Å². The summed E-state index contributed by atoms with van der Waals surface area (Å²) in [5, 5.41) is 8.55. The summed E-state index contributed by atoms with van der Waals surface area (Å²) in [6.45, 7) is 12.9. The Morgan fingerprint density at radius 1 is 0.373 bits per heavy atom. The Labute approximate surface area is 304 Å². The first-order valence-corrected chi connectivity index (χ1v) is 18.0. The maximum atomic E-state index is 11.5. The van der Waals surface area contributed by atoms with Crippen molar-refractivity contribution in [3.8, 4) is 0 Å². The SMILES string of the molecule is CN(C)CCOCCOCCOCCOCCOCCOCCOCCOCCOCCOCCOCCOCCOC(=O)CCCCC(=O)O. The summed E-state index contributed by atoms with van der Waals surface area (Å²) in [7, 11) is 4.03. The second kappa shape index (κ2) is 42.8. The van der Waals surface area contributed by atoms with E-state index in [0.717, 1.165) is 6.54 Å². The Kier molecular flexibility index (Phi) is 41.5. The quantitative estimate of drug-likeness (QED) is 0.0688. The summed E-state index contributed by atoms with van der Waals surface area (Å²) in [6.07, 6.45) is 1.23. The number of hydrogen-bond acceptors (Lipinski definition) is 16. The third-order valence-electron chi connectivity index (χ3n) is 6.29. The minimum Gasteiger partial charge on any atom is -0.481 e. The molecule has 0 aliphatic rings. The lowest BCUT2D eigenvalue weighted by Crippen LogP contribution is -2.19. The molecule has 0 heterocycles. The monoisotopic (exact) mass is 745 g/mol. The van der Waals surface area contributed by atoms with Crippen molar-refractivity contribution >= 4 is 11.9 Å². The molecule has 1 N–H and O–H groups in total. The lowest BCUT2D eigenvalue weighted by molar-refractivity contribution is -0.146. The summed E-state index contributed by atoms with van der Waals surface area (Å²) in [4.78, 5) is 24.0. The smallest absolute Gasteiger partial charge is 0.305 e. The van der Waals surface area contributed by atoms with Crippen molar-refractivity contribution in [2.24, 2.45) is 0 Å². The van der Waals surface area contributed by atoms with Gasteiger partial charge < -0.3 is 71.6 Å². The predicted molar refractivity (Wildman–Crippen MR) is 185 cm³/mol. The maximum absolute atomic E-state index is 11.5. The number of ether oxygens (including phenoxy) is 13. The van der Waals surface area contributed by atoms with E-state index >= 15 is 0 Å². The zero-order valence-electron chi connectivity index (χ0n) is 31.2. The largest absolute Gasteiger partial charge is 0.481 e. The number of carbonyl (C=O) groups is 2. The zero-order chi connectivity index (χ0) is 37.1. The van der Waals surface area contributed by atoms with Crippen LogP contribution in [0.3, 0.4) is 0 Å². The molecule has 17 nitrogen and oxygen atoms in total. The predicted octanol–water partition coefficient (Wildman–Crippen LogP) is 0.935. The molecule has 0 bridgehead atoms. The van der Waals surface area contributed by atoms with Gasteiger partial charge in [0.25, 0.3) is 0 Å². The van der Waals surface area contributed by atoms with E-state index in [1.54, 1.807) is 0 Å². The molecule has 0 aliphatic heterocycles. The summed E-state index contributed by atoms with van der Waals surface area (Å²) >= 11 is 0. The number of aliphatic carboxylic acids is 1. The molecule has 0 saturated heterocycles. The van der Waals surface area contributed by atoms with E-state index in [1.807, 2.05) is 14.1 Å². The van der Waals surface area contributed by atoms with E-state index in [-0.39, 0.29) is 32.0 Å². The maximum Gasteiger partial charge on any atom is 0.305 e. The normalized spacial score (nSPS) is 11.5. The summed E-state index contributed by atoms with van der Waals surface area (Å²) in [5.74, 6) is -1.21. The van der Waals surface area contributed by atoms with Gasteiger partial charge in [-0.2, -0.15) is 0 Å². The fourth-order valence-corrected chi connectivity index (χ4v) is 3.60. The van der Waals surface area contributed by atoms with Crippen LogP contribution in [-0.4, -0.2) is 208 Å². The molecule has 0 amide bonds. The van der Waals surface area contributed by atoms with Crippen LogP contribution in [0.15, 0.2) is 0 Å². The number of unbranched alkanes of at least 4 members (excludes halogenated alkanes) is 1. The fourth-order valence-electron chi connectivity index (χ4n) is 3.60. The number of carboxylic acid groups (broad SMARTS) is 1. The number of hydrogen-bond donors (Lipinski definition) is 1. The van der Waals surface area contributed by atoms with Gasteiger partial charge in [-0.25, -0.2) is 0 Å². The van der Waals surface area contributed by atoms with Crippen molar-refractivity contribution in [1.82, 2.24) is 4.90 Å². The van der Waals surface area contributed by atoms with Crippen LogP contribution in [0, 0.1) is 0 Å². The minimum atomic E-state index is -0.864. The molecular weight excluding hydrogens is 678 g/mol. The molecule has 0 saturated carbocycles. The van der Waals surface area contributed by atoms with Crippen LogP contribution in [0.4, 0.5) is 0 Å². The van der Waals surface area contributed by atoms with Gasteiger partial charge in [0.05, 0.1) is 159 Å². The number of nitrogens with zero attached hydrogens (tertiary/aromatic N) is 1. The molecule has 0 atom stereocenters. The molecule has 0 fully saturated rings. The highest BCUT2D eigenvalue weighted by molar-refractivity contribution is 5.69. The third kappa shape index (κ3) is 46.4. The lowest BCUT2D eigenvalue weighted by Gasteiger charge is -2.10. The molecule has 0 aliphatic carbocycles. The van der Waals surface area contributed by atoms with Crippen LogP contribution < -0.4 is 0 Å². The van der Waals surface area contributed by atoms with Crippen molar-refractivity contribution in [3.63, 3.8) is 0 Å². The second-order valence-electron chi connectivity index (χ2n) is 11.0. The van der Waals surface area contributed by atoms with Crippen LogP contribution in [0.5, 0.6) is 0 Å². The van der Waals surface area contributed by atoms with Gasteiger partial charge in [-0.05, 0) is 26.9 Å². The summed E-state index contributed by atoms with van der Waals surface area (Å²) in [6, 6.07) is 0. The van der Waals surface area contributed by atoms with Crippen molar-refractivity contribution in [2.45, 2.75) is 25.7 Å². The van der Waals surface area contributed by atoms with Gasteiger partial charge in [0.1, 0.15) is 6.61 Å². The summed E-state index contributed by atoms with van der Waals surface area (Å²) < 4.78 is 70.4. The van der Waals surface area contributed by atoms with Gasteiger partial charge in [0.15, 0.2) is 0 Å². The molecule has 0 aromatic rings. The molecule has 0 aromatic carbocycles.